The van der Waals surface area contributed by atoms with Crippen LogP contribution in [0.15, 0.2) is 0 Å². The summed E-state index contributed by atoms with van der Waals surface area (Å²) in [6, 6.07) is -0.683. The summed E-state index contributed by atoms with van der Waals surface area (Å²) in [6.45, 7) is 6.79. The summed E-state index contributed by atoms with van der Waals surface area (Å²) in [5, 5.41) is 2.56. The highest BCUT2D eigenvalue weighted by Gasteiger charge is 2.53. The lowest BCUT2D eigenvalue weighted by Crippen LogP contribution is -2.67. The minimum absolute atomic E-state index is 0.0279. The molecule has 2 amide bonds. The lowest BCUT2D eigenvalue weighted by Gasteiger charge is -2.42. The Balaban J connectivity index is 2.13. The Kier molecular flexibility index (Phi) is 4.57. The number of esters is 1. The van der Waals surface area contributed by atoms with Crippen LogP contribution in [-0.2, 0) is 23.8 Å². The number of amides is 2. The molecule has 0 saturated carbocycles. The third-order valence-corrected chi connectivity index (χ3v) is 3.85. The van der Waals surface area contributed by atoms with E-state index in [1.54, 1.807) is 27.7 Å². The van der Waals surface area contributed by atoms with Crippen molar-refractivity contribution in [1.82, 2.24) is 10.2 Å². The first-order valence-electron chi connectivity index (χ1n) is 7.61. The van der Waals surface area contributed by atoms with Gasteiger partial charge in [0, 0.05) is 0 Å². The van der Waals surface area contributed by atoms with Crippen LogP contribution >= 0.6 is 0 Å². The normalized spacial score (nSPS) is 30.7. The standard InChI is InChI=1S/C15H24N2O6/c1-14(2,3)23-13(20)16-15(4)8-22-10-7-6-9(11(18)21-5)17(10)12(15)19/h9-10H,6-8H2,1-5H3,(H,16,20)/t9-,10?,15-/m0/s1. The number of rotatable bonds is 2. The third-order valence-electron chi connectivity index (χ3n) is 3.85. The fourth-order valence-corrected chi connectivity index (χ4v) is 2.81. The first kappa shape index (κ1) is 17.5. The number of nitrogens with zero attached hydrogens (tertiary/aromatic N) is 1. The van der Waals surface area contributed by atoms with Gasteiger partial charge in [-0.15, -0.1) is 0 Å². The van der Waals surface area contributed by atoms with Gasteiger partial charge in [0.25, 0.3) is 5.91 Å². The zero-order valence-corrected chi connectivity index (χ0v) is 14.2. The molecule has 2 rings (SSSR count). The number of methoxy groups -OCH3 is 1. The van der Waals surface area contributed by atoms with Gasteiger partial charge in [-0.1, -0.05) is 0 Å². The second-order valence-corrected chi connectivity index (χ2v) is 7.05. The Morgan fingerprint density at radius 3 is 2.57 bits per heavy atom. The summed E-state index contributed by atoms with van der Waals surface area (Å²) in [6.07, 6.45) is -0.121. The van der Waals surface area contributed by atoms with Crippen LogP contribution in [0.25, 0.3) is 0 Å². The van der Waals surface area contributed by atoms with Crippen LogP contribution in [-0.4, -0.2) is 60.0 Å². The molecule has 0 bridgehead atoms. The highest BCUT2D eigenvalue weighted by Crippen LogP contribution is 2.33. The van der Waals surface area contributed by atoms with Gasteiger partial charge in [0.05, 0.1) is 13.7 Å². The number of alkyl carbamates (subject to hydrolysis) is 1. The zero-order chi connectivity index (χ0) is 17.4. The molecule has 8 heteroatoms. The molecule has 2 fully saturated rings. The van der Waals surface area contributed by atoms with Crippen molar-refractivity contribution >= 4 is 18.0 Å². The van der Waals surface area contributed by atoms with Gasteiger partial charge in [-0.2, -0.15) is 0 Å². The second-order valence-electron chi connectivity index (χ2n) is 7.05. The van der Waals surface area contributed by atoms with Crippen LogP contribution in [0.3, 0.4) is 0 Å². The molecule has 0 aromatic carbocycles. The Bertz CT molecular complexity index is 515. The molecule has 0 aliphatic carbocycles. The van der Waals surface area contributed by atoms with Crippen LogP contribution < -0.4 is 5.32 Å². The molecule has 2 heterocycles. The van der Waals surface area contributed by atoms with Crippen molar-refractivity contribution in [3.05, 3.63) is 0 Å². The fraction of sp³-hybridized carbons (Fsp3) is 0.800. The molecule has 3 atom stereocenters. The minimum Gasteiger partial charge on any atom is -0.467 e. The topological polar surface area (TPSA) is 94.2 Å². The van der Waals surface area contributed by atoms with Crippen LogP contribution in [0.4, 0.5) is 4.79 Å². The first-order chi connectivity index (χ1) is 10.6. The number of fused-ring (bicyclic) bond motifs is 1. The monoisotopic (exact) mass is 328 g/mol. The number of ether oxygens (including phenoxy) is 3. The summed E-state index contributed by atoms with van der Waals surface area (Å²) in [5.41, 5.74) is -1.96. The number of carbonyl (C=O) groups is 3. The third kappa shape index (κ3) is 3.57. The molecule has 2 saturated heterocycles. The van der Waals surface area contributed by atoms with Gasteiger partial charge in [0.2, 0.25) is 0 Å². The smallest absolute Gasteiger partial charge is 0.408 e. The fourth-order valence-electron chi connectivity index (χ4n) is 2.81. The van der Waals surface area contributed by atoms with Crippen molar-refractivity contribution in [3.63, 3.8) is 0 Å². The maximum Gasteiger partial charge on any atom is 0.408 e. The Labute approximate surface area is 135 Å². The van der Waals surface area contributed by atoms with Gasteiger partial charge in [-0.3, -0.25) is 4.79 Å². The SMILES string of the molecule is COC(=O)[C@@H]1CCC2OC[C@](C)(NC(=O)OC(C)(C)C)C(=O)N21. The summed E-state index contributed by atoms with van der Waals surface area (Å²) in [4.78, 5) is 38.0. The van der Waals surface area contributed by atoms with E-state index in [0.717, 1.165) is 0 Å². The van der Waals surface area contributed by atoms with Gasteiger partial charge in [0.15, 0.2) is 0 Å². The maximum atomic E-state index is 12.8. The van der Waals surface area contributed by atoms with Gasteiger partial charge >= 0.3 is 12.1 Å². The Hall–Kier alpha value is -1.83. The molecule has 1 unspecified atom stereocenters. The second kappa shape index (κ2) is 5.99. The van der Waals surface area contributed by atoms with Crippen molar-refractivity contribution in [2.24, 2.45) is 0 Å². The van der Waals surface area contributed by atoms with E-state index in [1.165, 1.54) is 12.0 Å². The quantitative estimate of drug-likeness (QED) is 0.753. The predicted molar refractivity (Wildman–Crippen MR) is 79.4 cm³/mol. The number of hydrogen-bond acceptors (Lipinski definition) is 6. The summed E-state index contributed by atoms with van der Waals surface area (Å²) >= 11 is 0. The van der Waals surface area contributed by atoms with E-state index < -0.39 is 35.5 Å². The largest absolute Gasteiger partial charge is 0.467 e. The van der Waals surface area contributed by atoms with Crippen molar-refractivity contribution in [1.29, 1.82) is 0 Å². The van der Waals surface area contributed by atoms with Crippen molar-refractivity contribution in [3.8, 4) is 0 Å². The van der Waals surface area contributed by atoms with Crippen LogP contribution in [0.1, 0.15) is 40.5 Å². The van der Waals surface area contributed by atoms with Crippen molar-refractivity contribution in [2.45, 2.75) is 63.9 Å². The average Bonchev–Trinajstić information content (AvgIpc) is 2.84. The van der Waals surface area contributed by atoms with Gasteiger partial charge in [-0.05, 0) is 40.5 Å². The molecule has 2 aliphatic heterocycles. The van der Waals surface area contributed by atoms with E-state index in [9.17, 15) is 14.4 Å². The van der Waals surface area contributed by atoms with E-state index in [4.69, 9.17) is 14.2 Å². The van der Waals surface area contributed by atoms with E-state index >= 15 is 0 Å². The molecule has 1 N–H and O–H groups in total. The Morgan fingerprint density at radius 1 is 1.35 bits per heavy atom. The molecule has 0 spiro atoms. The molecular weight excluding hydrogens is 304 g/mol. The van der Waals surface area contributed by atoms with E-state index in [2.05, 4.69) is 5.32 Å². The predicted octanol–water partition coefficient (Wildman–Crippen LogP) is 0.790. The first-order valence-corrected chi connectivity index (χ1v) is 7.61. The highest BCUT2D eigenvalue weighted by molar-refractivity contribution is 5.94. The molecule has 23 heavy (non-hydrogen) atoms. The molecule has 0 aromatic rings. The summed E-state index contributed by atoms with van der Waals surface area (Å²) in [5.74, 6) is -0.849. The molecule has 0 aromatic heterocycles. The molecule has 8 nitrogen and oxygen atoms in total. The van der Waals surface area contributed by atoms with E-state index in [1.807, 2.05) is 0 Å². The number of hydrogen-bond donors (Lipinski definition) is 1. The van der Waals surface area contributed by atoms with Gasteiger partial charge in [-0.25, -0.2) is 9.59 Å². The van der Waals surface area contributed by atoms with Crippen LogP contribution in [0.2, 0.25) is 0 Å². The minimum atomic E-state index is -1.28. The molecular formula is C15H24N2O6. The van der Waals surface area contributed by atoms with E-state index in [-0.39, 0.29) is 12.5 Å². The van der Waals surface area contributed by atoms with Gasteiger partial charge < -0.3 is 24.4 Å². The average molecular weight is 328 g/mol. The van der Waals surface area contributed by atoms with Crippen LogP contribution in [0.5, 0.6) is 0 Å². The number of carbonyl (C=O) groups excluding carboxylic acids is 3. The van der Waals surface area contributed by atoms with Gasteiger partial charge in [0.1, 0.15) is 23.4 Å². The number of nitrogens with one attached hydrogen (secondary N) is 1. The molecule has 0 radical (unpaired) electrons. The summed E-state index contributed by atoms with van der Waals surface area (Å²) < 4.78 is 15.6. The van der Waals surface area contributed by atoms with Crippen LogP contribution in [0, 0.1) is 0 Å². The van der Waals surface area contributed by atoms with Crippen molar-refractivity contribution in [2.75, 3.05) is 13.7 Å². The Morgan fingerprint density at radius 2 is 2.00 bits per heavy atom. The lowest BCUT2D eigenvalue weighted by molar-refractivity contribution is -0.178. The lowest BCUT2D eigenvalue weighted by atomic mass is 9.99. The highest BCUT2D eigenvalue weighted by atomic mass is 16.6. The van der Waals surface area contributed by atoms with Crippen molar-refractivity contribution < 1.29 is 28.6 Å². The molecule has 130 valence electrons. The van der Waals surface area contributed by atoms with E-state index in [0.29, 0.717) is 12.8 Å². The summed E-state index contributed by atoms with van der Waals surface area (Å²) in [7, 11) is 1.28. The maximum absolute atomic E-state index is 12.8. The zero-order valence-electron chi connectivity index (χ0n) is 14.2. The molecule has 2 aliphatic rings.